The van der Waals surface area contributed by atoms with Crippen LogP contribution >= 0.6 is 0 Å². The van der Waals surface area contributed by atoms with Gasteiger partial charge in [0, 0.05) is 68.0 Å². The first-order valence-electron chi connectivity index (χ1n) is 16.2. The molecule has 1 aliphatic rings. The molecule has 4 aromatic carbocycles. The molecular formula is C38H42N6O4. The van der Waals surface area contributed by atoms with Gasteiger partial charge in [-0.25, -0.2) is 9.80 Å². The molecule has 1 atom stereocenters. The van der Waals surface area contributed by atoms with Crippen molar-refractivity contribution in [3.8, 4) is 17.2 Å². The number of amides is 3. The summed E-state index contributed by atoms with van der Waals surface area (Å²) in [6.45, 7) is 4.97. The summed E-state index contributed by atoms with van der Waals surface area (Å²) in [5, 5.41) is 18.2. The molecule has 48 heavy (non-hydrogen) atoms. The first kappa shape index (κ1) is 32.8. The number of anilines is 2. The van der Waals surface area contributed by atoms with Gasteiger partial charge in [-0.1, -0.05) is 18.2 Å². The Bertz CT molecular complexity index is 1880. The lowest BCUT2D eigenvalue weighted by molar-refractivity contribution is 0.102. The number of fused-ring (bicyclic) bond motifs is 1. The van der Waals surface area contributed by atoms with Crippen molar-refractivity contribution in [1.29, 1.82) is 0 Å². The molecular weight excluding hydrogens is 604 g/mol. The van der Waals surface area contributed by atoms with Crippen LogP contribution in [-0.4, -0.2) is 65.3 Å². The third-order valence-electron chi connectivity index (χ3n) is 8.56. The highest BCUT2D eigenvalue weighted by Crippen LogP contribution is 2.30. The summed E-state index contributed by atoms with van der Waals surface area (Å²) >= 11 is 0. The van der Waals surface area contributed by atoms with Gasteiger partial charge in [0.25, 0.3) is 5.91 Å². The molecule has 0 bridgehead atoms. The number of aromatic nitrogens is 1. The zero-order chi connectivity index (χ0) is 33.6. The maximum atomic E-state index is 13.2. The van der Waals surface area contributed by atoms with E-state index < -0.39 is 0 Å². The molecule has 248 valence electrons. The lowest BCUT2D eigenvalue weighted by Crippen LogP contribution is -2.39. The van der Waals surface area contributed by atoms with Crippen LogP contribution in [0.2, 0.25) is 0 Å². The lowest BCUT2D eigenvalue weighted by atomic mass is 9.98. The number of rotatable bonds is 10. The maximum absolute atomic E-state index is 13.2. The number of aliphatic hydroxyl groups is 1. The van der Waals surface area contributed by atoms with Crippen LogP contribution < -0.4 is 20.8 Å². The molecule has 1 aromatic heterocycles. The van der Waals surface area contributed by atoms with Crippen molar-refractivity contribution in [2.75, 3.05) is 44.4 Å². The molecule has 4 N–H and O–H groups in total. The maximum Gasteiger partial charge on any atom is 0.333 e. The lowest BCUT2D eigenvalue weighted by Gasteiger charge is -2.31. The van der Waals surface area contributed by atoms with E-state index in [2.05, 4.69) is 49.9 Å². The number of hydrazine groups is 1. The van der Waals surface area contributed by atoms with Crippen LogP contribution in [0.5, 0.6) is 11.5 Å². The molecule has 10 nitrogen and oxygen atoms in total. The van der Waals surface area contributed by atoms with Crippen molar-refractivity contribution in [2.24, 2.45) is 5.92 Å². The third-order valence-corrected chi connectivity index (χ3v) is 8.56. The van der Waals surface area contributed by atoms with Crippen molar-refractivity contribution in [3.63, 3.8) is 0 Å². The van der Waals surface area contributed by atoms with Crippen molar-refractivity contribution in [2.45, 2.75) is 26.3 Å². The number of para-hydroxylation sites is 1. The van der Waals surface area contributed by atoms with Gasteiger partial charge in [-0.2, -0.15) is 0 Å². The van der Waals surface area contributed by atoms with Crippen molar-refractivity contribution >= 4 is 34.2 Å². The predicted octanol–water partition coefficient (Wildman–Crippen LogP) is 6.79. The first-order valence-corrected chi connectivity index (χ1v) is 16.2. The van der Waals surface area contributed by atoms with Gasteiger partial charge in [-0.15, -0.1) is 0 Å². The number of carbonyl (C=O) groups excluding carboxylic acids is 2. The fraction of sp³-hybridized carbons (Fsp3) is 0.263. The number of piperidine rings is 1. The van der Waals surface area contributed by atoms with Gasteiger partial charge in [0.2, 0.25) is 0 Å². The average Bonchev–Trinajstić information content (AvgIpc) is 3.44. The second-order valence-electron chi connectivity index (χ2n) is 12.5. The van der Waals surface area contributed by atoms with E-state index in [0.717, 1.165) is 49.2 Å². The van der Waals surface area contributed by atoms with Crippen LogP contribution in [0.3, 0.4) is 0 Å². The number of hydrogen-bond acceptors (Lipinski definition) is 6. The van der Waals surface area contributed by atoms with E-state index >= 15 is 0 Å². The van der Waals surface area contributed by atoms with Gasteiger partial charge < -0.3 is 25.0 Å². The summed E-state index contributed by atoms with van der Waals surface area (Å²) in [6.07, 6.45) is 4.40. The number of hydrogen-bond donors (Lipinski definition) is 4. The van der Waals surface area contributed by atoms with Crippen LogP contribution in [0, 0.1) is 12.8 Å². The summed E-state index contributed by atoms with van der Waals surface area (Å²) in [5.41, 5.74) is 8.72. The zero-order valence-corrected chi connectivity index (χ0v) is 27.6. The molecule has 5 aromatic rings. The number of likely N-dealkylation sites (tertiary alicyclic amines) is 1. The fourth-order valence-corrected chi connectivity index (χ4v) is 6.19. The van der Waals surface area contributed by atoms with E-state index in [1.807, 2.05) is 55.5 Å². The van der Waals surface area contributed by atoms with Crippen LogP contribution in [-0.2, 0) is 6.54 Å². The van der Waals surface area contributed by atoms with Gasteiger partial charge in [0.15, 0.2) is 0 Å². The highest BCUT2D eigenvalue weighted by molar-refractivity contribution is 6.04. The summed E-state index contributed by atoms with van der Waals surface area (Å²) < 4.78 is 8.24. The molecule has 0 radical (unpaired) electrons. The second kappa shape index (κ2) is 14.7. The van der Waals surface area contributed by atoms with E-state index in [1.54, 1.807) is 43.4 Å². The molecule has 0 saturated carbocycles. The number of carbonyl (C=O) groups is 2. The number of ether oxygens (including phenoxy) is 1. The Hall–Kier alpha value is -5.16. The number of aliphatic hydroxyl groups excluding tert-OH is 1. The molecule has 1 aliphatic heterocycles. The minimum Gasteiger partial charge on any atom is -0.457 e. The monoisotopic (exact) mass is 646 g/mol. The largest absolute Gasteiger partial charge is 0.457 e. The molecule has 1 fully saturated rings. The number of aryl methyl sites for hydroxylation is 1. The first-order chi connectivity index (χ1) is 23.2. The Labute approximate surface area is 280 Å². The normalized spacial score (nSPS) is 15.0. The van der Waals surface area contributed by atoms with Crippen molar-refractivity contribution in [1.82, 2.24) is 19.9 Å². The van der Waals surface area contributed by atoms with E-state index in [9.17, 15) is 14.7 Å². The van der Waals surface area contributed by atoms with Crippen LogP contribution in [0.15, 0.2) is 97.2 Å². The van der Waals surface area contributed by atoms with Crippen molar-refractivity contribution in [3.05, 3.63) is 114 Å². The summed E-state index contributed by atoms with van der Waals surface area (Å²) in [6, 6.07) is 28.3. The molecule has 1 unspecified atom stereocenters. The van der Waals surface area contributed by atoms with Crippen molar-refractivity contribution < 1.29 is 19.4 Å². The van der Waals surface area contributed by atoms with Gasteiger partial charge >= 0.3 is 6.03 Å². The predicted molar refractivity (Wildman–Crippen MR) is 190 cm³/mol. The Kier molecular flexibility index (Phi) is 10.1. The quantitative estimate of drug-likeness (QED) is 0.125. The number of nitrogens with one attached hydrogen (secondary N) is 3. The molecule has 2 heterocycles. The van der Waals surface area contributed by atoms with Gasteiger partial charge in [-0.05, 0) is 116 Å². The fourth-order valence-electron chi connectivity index (χ4n) is 6.19. The Balaban J connectivity index is 1.09. The third kappa shape index (κ3) is 7.86. The molecule has 1 saturated heterocycles. The number of benzene rings is 4. The Morgan fingerprint density at radius 2 is 1.69 bits per heavy atom. The molecule has 6 rings (SSSR count). The van der Waals surface area contributed by atoms with Gasteiger partial charge in [0.05, 0.1) is 5.52 Å². The van der Waals surface area contributed by atoms with Crippen LogP contribution in [0.25, 0.3) is 16.6 Å². The van der Waals surface area contributed by atoms with E-state index in [-0.39, 0.29) is 18.5 Å². The van der Waals surface area contributed by atoms with E-state index in [4.69, 9.17) is 4.74 Å². The van der Waals surface area contributed by atoms with Gasteiger partial charge in [-0.3, -0.25) is 15.1 Å². The standard InChI is InChI=1S/C38H42N6O4/c1-26-21-31(14-19-36(26)48-33-17-12-30(13-18-33)40-38(47)41-42(2)3)39-37(46)28-10-15-32(16-11-28)44-24-29(34-8-4-5-9-35(34)44)23-43-20-6-7-27(22-43)25-45/h4-5,8-19,21,24,27,45H,6-7,20,22-23,25H2,1-3H3,(H,39,46)(H2,40,41,47). The number of urea groups is 1. The topological polar surface area (TPSA) is 111 Å². The molecule has 3 amide bonds. The van der Waals surface area contributed by atoms with Gasteiger partial charge in [0.1, 0.15) is 11.5 Å². The second-order valence-corrected chi connectivity index (χ2v) is 12.5. The number of nitrogens with zero attached hydrogens (tertiary/aromatic N) is 3. The minimum absolute atomic E-state index is 0.197. The molecule has 0 spiro atoms. The molecule has 10 heteroatoms. The van der Waals surface area contributed by atoms with Crippen LogP contribution in [0.4, 0.5) is 16.2 Å². The Morgan fingerprint density at radius 3 is 2.42 bits per heavy atom. The highest BCUT2D eigenvalue weighted by atomic mass is 16.5. The summed E-state index contributed by atoms with van der Waals surface area (Å²) in [4.78, 5) is 27.5. The average molecular weight is 647 g/mol. The summed E-state index contributed by atoms with van der Waals surface area (Å²) in [7, 11) is 3.47. The Morgan fingerprint density at radius 1 is 0.938 bits per heavy atom. The molecule has 0 aliphatic carbocycles. The zero-order valence-electron chi connectivity index (χ0n) is 27.6. The summed E-state index contributed by atoms with van der Waals surface area (Å²) in [5.74, 6) is 1.43. The van der Waals surface area contributed by atoms with E-state index in [0.29, 0.717) is 34.4 Å². The smallest absolute Gasteiger partial charge is 0.333 e. The minimum atomic E-state index is -0.330. The SMILES string of the molecule is Cc1cc(NC(=O)c2ccc(-n3cc(CN4CCCC(CO)C4)c4ccccc43)cc2)ccc1Oc1ccc(NC(=O)NN(C)C)cc1. The van der Waals surface area contributed by atoms with Crippen LogP contribution in [0.1, 0.15) is 34.3 Å². The van der Waals surface area contributed by atoms with E-state index in [1.165, 1.54) is 10.9 Å². The highest BCUT2D eigenvalue weighted by Gasteiger charge is 2.21.